The van der Waals surface area contributed by atoms with Crippen molar-refractivity contribution < 1.29 is 9.21 Å². The van der Waals surface area contributed by atoms with Gasteiger partial charge in [-0.1, -0.05) is 18.2 Å². The molecule has 4 nitrogen and oxygen atoms in total. The van der Waals surface area contributed by atoms with E-state index in [1.54, 1.807) is 37.5 Å². The molecular weight excluding hydrogens is 240 g/mol. The first-order valence-electron chi connectivity index (χ1n) is 5.87. The van der Waals surface area contributed by atoms with Crippen molar-refractivity contribution in [3.8, 4) is 0 Å². The minimum absolute atomic E-state index is 0.230. The zero-order chi connectivity index (χ0) is 13.5. The minimum atomic E-state index is -0.230. The summed E-state index contributed by atoms with van der Waals surface area (Å²) in [6.45, 7) is 1.80. The average Bonchev–Trinajstić information content (AvgIpc) is 2.96. The topological polar surface area (TPSA) is 54.6 Å². The highest BCUT2D eigenvalue weighted by Gasteiger charge is 2.01. The Kier molecular flexibility index (Phi) is 4.29. The van der Waals surface area contributed by atoms with Crippen LogP contribution < -0.4 is 5.43 Å². The molecule has 19 heavy (non-hydrogen) atoms. The first-order valence-corrected chi connectivity index (χ1v) is 5.87. The average molecular weight is 254 g/mol. The Morgan fingerprint density at radius 2 is 2.00 bits per heavy atom. The van der Waals surface area contributed by atoms with Crippen LogP contribution in [0, 0.1) is 0 Å². The van der Waals surface area contributed by atoms with Crippen LogP contribution in [0.1, 0.15) is 23.0 Å². The molecule has 1 heterocycles. The molecule has 0 saturated heterocycles. The summed E-state index contributed by atoms with van der Waals surface area (Å²) in [6.07, 6.45) is 5.15. The quantitative estimate of drug-likeness (QED) is 0.673. The summed E-state index contributed by atoms with van der Waals surface area (Å²) in [5.74, 6) is 0.510. The molecule has 0 radical (unpaired) electrons. The molecule has 0 fully saturated rings. The van der Waals surface area contributed by atoms with Crippen LogP contribution in [-0.2, 0) is 0 Å². The summed E-state index contributed by atoms with van der Waals surface area (Å²) in [6, 6.07) is 12.6. The second kappa shape index (κ2) is 6.35. The van der Waals surface area contributed by atoms with Crippen molar-refractivity contribution in [1.82, 2.24) is 5.43 Å². The SMILES string of the molecule is CC(/C=C/c1ccco1)=N/NC(=O)c1ccccc1. The molecule has 0 aliphatic heterocycles. The van der Waals surface area contributed by atoms with Gasteiger partial charge in [-0.15, -0.1) is 0 Å². The second-order valence-electron chi connectivity index (χ2n) is 3.91. The maximum Gasteiger partial charge on any atom is 0.271 e. The molecule has 1 amide bonds. The van der Waals surface area contributed by atoms with Gasteiger partial charge in [0.2, 0.25) is 0 Å². The number of hydrogen-bond acceptors (Lipinski definition) is 3. The summed E-state index contributed by atoms with van der Waals surface area (Å²) in [4.78, 5) is 11.7. The van der Waals surface area contributed by atoms with Gasteiger partial charge in [0.15, 0.2) is 0 Å². The van der Waals surface area contributed by atoms with Gasteiger partial charge < -0.3 is 4.42 Å². The summed E-state index contributed by atoms with van der Waals surface area (Å²) in [7, 11) is 0. The van der Waals surface area contributed by atoms with Crippen LogP contribution in [0.5, 0.6) is 0 Å². The van der Waals surface area contributed by atoms with Crippen LogP contribution in [0.3, 0.4) is 0 Å². The van der Waals surface area contributed by atoms with Gasteiger partial charge in [0.25, 0.3) is 5.91 Å². The van der Waals surface area contributed by atoms with Crippen molar-refractivity contribution in [2.45, 2.75) is 6.92 Å². The van der Waals surface area contributed by atoms with Gasteiger partial charge in [-0.3, -0.25) is 4.79 Å². The van der Waals surface area contributed by atoms with Gasteiger partial charge in [-0.25, -0.2) is 5.43 Å². The monoisotopic (exact) mass is 254 g/mol. The number of hydrogen-bond donors (Lipinski definition) is 1. The molecule has 0 aliphatic carbocycles. The van der Waals surface area contributed by atoms with Gasteiger partial charge >= 0.3 is 0 Å². The predicted octanol–water partition coefficient (Wildman–Crippen LogP) is 3.10. The Balaban J connectivity index is 1.93. The smallest absolute Gasteiger partial charge is 0.271 e. The molecule has 0 unspecified atom stereocenters. The zero-order valence-corrected chi connectivity index (χ0v) is 10.5. The van der Waals surface area contributed by atoms with Crippen molar-refractivity contribution in [3.05, 3.63) is 66.1 Å². The largest absolute Gasteiger partial charge is 0.465 e. The summed E-state index contributed by atoms with van der Waals surface area (Å²) in [5.41, 5.74) is 3.75. The van der Waals surface area contributed by atoms with Crippen LogP contribution in [0.4, 0.5) is 0 Å². The Morgan fingerprint density at radius 1 is 1.21 bits per heavy atom. The maximum absolute atomic E-state index is 11.7. The summed E-state index contributed by atoms with van der Waals surface area (Å²) < 4.78 is 5.15. The van der Waals surface area contributed by atoms with Crippen molar-refractivity contribution in [1.29, 1.82) is 0 Å². The fraction of sp³-hybridized carbons (Fsp3) is 0.0667. The van der Waals surface area contributed by atoms with E-state index in [-0.39, 0.29) is 5.91 Å². The van der Waals surface area contributed by atoms with Crippen LogP contribution in [-0.4, -0.2) is 11.6 Å². The van der Waals surface area contributed by atoms with Crippen LogP contribution in [0.2, 0.25) is 0 Å². The number of rotatable bonds is 4. The lowest BCUT2D eigenvalue weighted by Gasteiger charge is -1.99. The first-order chi connectivity index (χ1) is 9.25. The van der Waals surface area contributed by atoms with E-state index in [1.165, 1.54) is 0 Å². The number of carbonyl (C=O) groups excluding carboxylic acids is 1. The maximum atomic E-state index is 11.7. The molecule has 2 aromatic rings. The summed E-state index contributed by atoms with van der Waals surface area (Å²) >= 11 is 0. The van der Waals surface area contributed by atoms with Crippen molar-refractivity contribution >= 4 is 17.7 Å². The van der Waals surface area contributed by atoms with Crippen LogP contribution in [0.15, 0.2) is 64.3 Å². The first kappa shape index (κ1) is 12.8. The number of carbonyl (C=O) groups is 1. The molecular formula is C15H14N2O2. The zero-order valence-electron chi connectivity index (χ0n) is 10.5. The minimum Gasteiger partial charge on any atom is -0.465 e. The predicted molar refractivity (Wildman–Crippen MR) is 74.8 cm³/mol. The third kappa shape index (κ3) is 3.96. The summed E-state index contributed by atoms with van der Waals surface area (Å²) in [5, 5.41) is 3.99. The third-order valence-electron chi connectivity index (χ3n) is 2.40. The number of nitrogens with one attached hydrogen (secondary N) is 1. The Morgan fingerprint density at radius 3 is 2.68 bits per heavy atom. The van der Waals surface area contributed by atoms with Crippen LogP contribution >= 0.6 is 0 Å². The molecule has 4 heteroatoms. The van der Waals surface area contributed by atoms with Gasteiger partial charge in [-0.2, -0.15) is 5.10 Å². The molecule has 96 valence electrons. The molecule has 0 aliphatic rings. The normalized spacial score (nSPS) is 11.7. The molecule has 0 bridgehead atoms. The molecule has 1 N–H and O–H groups in total. The van der Waals surface area contributed by atoms with Crippen molar-refractivity contribution in [2.75, 3.05) is 0 Å². The highest BCUT2D eigenvalue weighted by atomic mass is 16.3. The molecule has 1 aromatic carbocycles. The lowest BCUT2D eigenvalue weighted by atomic mass is 10.2. The number of benzene rings is 1. The van der Waals surface area contributed by atoms with E-state index >= 15 is 0 Å². The molecule has 0 saturated carbocycles. The van der Waals surface area contributed by atoms with E-state index in [0.717, 1.165) is 5.76 Å². The van der Waals surface area contributed by atoms with E-state index < -0.39 is 0 Å². The number of amides is 1. The molecule has 0 spiro atoms. The van der Waals surface area contributed by atoms with E-state index in [9.17, 15) is 4.79 Å². The fourth-order valence-electron chi connectivity index (χ4n) is 1.42. The third-order valence-corrected chi connectivity index (χ3v) is 2.40. The Hall–Kier alpha value is -2.62. The Labute approximate surface area is 111 Å². The van der Waals surface area contributed by atoms with Gasteiger partial charge in [0.05, 0.1) is 12.0 Å². The number of hydrazone groups is 1. The fourth-order valence-corrected chi connectivity index (χ4v) is 1.42. The number of furan rings is 1. The van der Waals surface area contributed by atoms with E-state index in [2.05, 4.69) is 10.5 Å². The van der Waals surface area contributed by atoms with E-state index in [0.29, 0.717) is 11.3 Å². The Bertz CT molecular complexity index is 584. The standard InChI is InChI=1S/C15H14N2O2/c1-12(9-10-14-8-5-11-19-14)16-17-15(18)13-6-3-2-4-7-13/h2-11H,1H3,(H,17,18)/b10-9+,16-12-. The number of allylic oxidation sites excluding steroid dienone is 1. The van der Waals surface area contributed by atoms with Crippen molar-refractivity contribution in [3.63, 3.8) is 0 Å². The van der Waals surface area contributed by atoms with Gasteiger partial charge in [0.1, 0.15) is 5.76 Å². The molecule has 2 rings (SSSR count). The molecule has 0 atom stereocenters. The van der Waals surface area contributed by atoms with Crippen LogP contribution in [0.25, 0.3) is 6.08 Å². The van der Waals surface area contributed by atoms with Crippen molar-refractivity contribution in [2.24, 2.45) is 5.10 Å². The highest BCUT2D eigenvalue weighted by molar-refractivity contribution is 5.99. The lowest BCUT2D eigenvalue weighted by molar-refractivity contribution is 0.0955. The lowest BCUT2D eigenvalue weighted by Crippen LogP contribution is -2.18. The highest BCUT2D eigenvalue weighted by Crippen LogP contribution is 2.02. The van der Waals surface area contributed by atoms with Gasteiger partial charge in [0, 0.05) is 5.56 Å². The van der Waals surface area contributed by atoms with E-state index in [4.69, 9.17) is 4.42 Å². The second-order valence-corrected chi connectivity index (χ2v) is 3.91. The van der Waals surface area contributed by atoms with E-state index in [1.807, 2.05) is 30.3 Å². The molecule has 1 aromatic heterocycles. The number of nitrogens with zero attached hydrogens (tertiary/aromatic N) is 1. The van der Waals surface area contributed by atoms with Gasteiger partial charge in [-0.05, 0) is 43.3 Å².